The number of H-pyrrole nitrogens is 1. The van der Waals surface area contributed by atoms with Crippen LogP contribution in [0.25, 0.3) is 6.08 Å². The minimum absolute atomic E-state index is 0. The van der Waals surface area contributed by atoms with E-state index >= 15 is 0 Å². The van der Waals surface area contributed by atoms with Gasteiger partial charge in [-0.25, -0.2) is 0 Å². The number of halogens is 2. The number of hydrogen-bond donors (Lipinski definition) is 1. The summed E-state index contributed by atoms with van der Waals surface area (Å²) < 4.78 is 3.72. The number of allylic oxidation sites excluding steroid dienone is 1. The summed E-state index contributed by atoms with van der Waals surface area (Å²) in [6.45, 7) is 4.59. The van der Waals surface area contributed by atoms with Crippen molar-refractivity contribution < 1.29 is 42.2 Å². The van der Waals surface area contributed by atoms with Crippen LogP contribution in [-0.2, 0) is 17.4 Å². The Hall–Kier alpha value is -0.596. The van der Waals surface area contributed by atoms with E-state index in [-0.39, 0.29) is 24.8 Å². The normalized spacial score (nSPS) is 14.6. The van der Waals surface area contributed by atoms with Gasteiger partial charge >= 0.3 is 114 Å². The maximum atomic E-state index is 3.45. The maximum Gasteiger partial charge on any atom is -1.00 e. The summed E-state index contributed by atoms with van der Waals surface area (Å²) in [6.07, 6.45) is 6.75. The molecule has 4 heteroatoms. The van der Waals surface area contributed by atoms with Crippen LogP contribution in [-0.4, -0.2) is 8.80 Å². The second kappa shape index (κ2) is 7.42. The van der Waals surface area contributed by atoms with Gasteiger partial charge in [0.1, 0.15) is 0 Å². The largest absolute Gasteiger partial charge is 1.00 e. The topological polar surface area (TPSA) is 15.8 Å². The number of nitrogens with one attached hydrogen (secondary N) is 1. The minimum Gasteiger partial charge on any atom is -1.00 e. The second-order valence-electron chi connectivity index (χ2n) is 4.96. The molecule has 1 aliphatic carbocycles. The Morgan fingerprint density at radius 2 is 1.80 bits per heavy atom. The third-order valence-electron chi connectivity index (χ3n) is 3.54. The quantitative estimate of drug-likeness (QED) is 0.570. The van der Waals surface area contributed by atoms with Crippen molar-refractivity contribution in [2.24, 2.45) is 0 Å². The molecule has 0 saturated heterocycles. The number of aromatic amines is 1. The van der Waals surface area contributed by atoms with E-state index in [9.17, 15) is 0 Å². The van der Waals surface area contributed by atoms with Gasteiger partial charge in [0.05, 0.1) is 0 Å². The molecule has 1 aliphatic rings. The Labute approximate surface area is 138 Å². The van der Waals surface area contributed by atoms with Gasteiger partial charge in [-0.15, -0.1) is 0 Å². The SMILES string of the molecule is C[C](C)=[Ti+2]([c]1ccc[nH]1)[CH]1C=Cc2ccccc21.[Cl-].[Cl-]. The average Bonchev–Trinajstić information content (AvgIpc) is 3.00. The molecule has 3 rings (SSSR count). The second-order valence-corrected chi connectivity index (χ2v) is 9.63. The van der Waals surface area contributed by atoms with Crippen LogP contribution in [0.15, 0.2) is 48.7 Å². The number of benzene rings is 1. The fourth-order valence-electron chi connectivity index (χ4n) is 2.75. The summed E-state index contributed by atoms with van der Waals surface area (Å²) in [5, 5.41) is 0. The third-order valence-corrected chi connectivity index (χ3v) is 8.37. The maximum absolute atomic E-state index is 3.45. The molecule has 0 saturated carbocycles. The van der Waals surface area contributed by atoms with Crippen LogP contribution in [0, 0.1) is 0 Å². The van der Waals surface area contributed by atoms with Crippen molar-refractivity contribution in [3.8, 4) is 0 Å². The first-order chi connectivity index (χ1) is 8.77. The first-order valence-corrected chi connectivity index (χ1v) is 8.82. The molecule has 104 valence electrons. The van der Waals surface area contributed by atoms with E-state index in [0.29, 0.717) is 4.22 Å². The van der Waals surface area contributed by atoms with Gasteiger partial charge in [-0.3, -0.25) is 0 Å². The van der Waals surface area contributed by atoms with Gasteiger partial charge in [-0.1, -0.05) is 0 Å². The summed E-state index contributed by atoms with van der Waals surface area (Å²) in [7, 11) is 0. The van der Waals surface area contributed by atoms with E-state index < -0.39 is 17.4 Å². The van der Waals surface area contributed by atoms with Gasteiger partial charge in [0.2, 0.25) is 0 Å². The molecular weight excluding hydrogens is 325 g/mol. The van der Waals surface area contributed by atoms with Crippen molar-refractivity contribution in [3.63, 3.8) is 0 Å². The van der Waals surface area contributed by atoms with Gasteiger partial charge in [0, 0.05) is 0 Å². The zero-order chi connectivity index (χ0) is 12.5. The minimum atomic E-state index is -1.45. The number of aromatic nitrogens is 1. The van der Waals surface area contributed by atoms with Crippen molar-refractivity contribution in [3.05, 3.63) is 59.8 Å². The Kier molecular flexibility index (Phi) is 6.48. The molecule has 2 aromatic rings. The van der Waals surface area contributed by atoms with Crippen molar-refractivity contribution in [2.45, 2.75) is 18.1 Å². The van der Waals surface area contributed by atoms with Crippen molar-refractivity contribution in [1.82, 2.24) is 4.98 Å². The fourth-order valence-corrected chi connectivity index (χ4v) is 7.23. The molecule has 0 radical (unpaired) electrons. The first kappa shape index (κ1) is 17.5. The summed E-state index contributed by atoms with van der Waals surface area (Å²) in [5.74, 6) is 0. The van der Waals surface area contributed by atoms with E-state index in [1.165, 1.54) is 15.1 Å². The van der Waals surface area contributed by atoms with Crippen molar-refractivity contribution in [1.29, 1.82) is 0 Å². The number of hydrogen-bond acceptors (Lipinski definition) is 0. The summed E-state index contributed by atoms with van der Waals surface area (Å²) in [5.41, 5.74) is 2.92. The molecule has 20 heavy (non-hydrogen) atoms. The molecule has 1 heterocycles. The van der Waals surface area contributed by atoms with Crippen LogP contribution >= 0.6 is 0 Å². The van der Waals surface area contributed by atoms with Gasteiger partial charge in [-0.2, -0.15) is 0 Å². The molecule has 1 aromatic heterocycles. The third kappa shape index (κ3) is 3.18. The van der Waals surface area contributed by atoms with E-state index in [1.807, 2.05) is 0 Å². The molecule has 1 aromatic carbocycles. The van der Waals surface area contributed by atoms with E-state index in [1.54, 1.807) is 3.81 Å². The van der Waals surface area contributed by atoms with E-state index in [4.69, 9.17) is 0 Å². The molecular formula is C16H17Cl2NTi. The number of rotatable bonds is 2. The zero-order valence-electron chi connectivity index (χ0n) is 11.5. The van der Waals surface area contributed by atoms with Gasteiger partial charge < -0.3 is 24.8 Å². The molecule has 0 spiro atoms. The van der Waals surface area contributed by atoms with Crippen LogP contribution in [0.3, 0.4) is 0 Å². The Balaban J connectivity index is 0.000001000. The molecule has 1 atom stereocenters. The predicted molar refractivity (Wildman–Crippen MR) is 75.0 cm³/mol. The Bertz CT molecular complexity index is 626. The van der Waals surface area contributed by atoms with Crippen LogP contribution in [0.4, 0.5) is 0 Å². The molecule has 1 N–H and O–H groups in total. The van der Waals surface area contributed by atoms with Gasteiger partial charge in [0.25, 0.3) is 0 Å². The average molecular weight is 342 g/mol. The molecule has 0 aliphatic heterocycles. The molecule has 0 amide bonds. The predicted octanol–water partition coefficient (Wildman–Crippen LogP) is -2.75. The smallest absolute Gasteiger partial charge is 1.00 e. The van der Waals surface area contributed by atoms with Crippen LogP contribution in [0.2, 0.25) is 0 Å². The summed E-state index contributed by atoms with van der Waals surface area (Å²) in [6, 6.07) is 13.2. The van der Waals surface area contributed by atoms with Crippen LogP contribution in [0.1, 0.15) is 29.2 Å². The van der Waals surface area contributed by atoms with Gasteiger partial charge in [-0.05, 0) is 0 Å². The van der Waals surface area contributed by atoms with Crippen LogP contribution in [0.5, 0.6) is 0 Å². The molecule has 0 fully saturated rings. The Morgan fingerprint density at radius 3 is 2.45 bits per heavy atom. The first-order valence-electron chi connectivity index (χ1n) is 6.35. The number of fused-ring (bicyclic) bond motifs is 1. The van der Waals surface area contributed by atoms with E-state index in [2.05, 4.69) is 73.6 Å². The van der Waals surface area contributed by atoms with Crippen molar-refractivity contribution in [2.75, 3.05) is 0 Å². The molecule has 0 bridgehead atoms. The van der Waals surface area contributed by atoms with Crippen molar-refractivity contribution >= 4 is 13.9 Å². The monoisotopic (exact) mass is 341 g/mol. The summed E-state index contributed by atoms with van der Waals surface area (Å²) in [4.78, 5) is 3.45. The van der Waals surface area contributed by atoms with Gasteiger partial charge in [0.15, 0.2) is 0 Å². The Morgan fingerprint density at radius 1 is 1.05 bits per heavy atom. The summed E-state index contributed by atoms with van der Waals surface area (Å²) >= 11 is -1.45. The van der Waals surface area contributed by atoms with Crippen LogP contribution < -0.4 is 28.8 Å². The molecule has 1 nitrogen and oxygen atoms in total. The standard InChI is InChI=1S/C9H7.C4H4N.C3H6.2ClH.Ti/c1-2-5-9-7-3-6-8(9)4-1;1-2-4-5-3-1;1-3-2;;;/h1-7H;1-3,5H;1-2H3;2*1H;/q;;;;;+2/p-2. The zero-order valence-corrected chi connectivity index (χ0v) is 14.6. The fraction of sp³-hybridized carbons (Fsp3) is 0.188. The molecule has 1 unspecified atom stereocenters. The van der Waals surface area contributed by atoms with E-state index in [0.717, 1.165) is 0 Å².